The molecule has 4 rings (SSSR count). The van der Waals surface area contributed by atoms with Gasteiger partial charge >= 0.3 is 0 Å². The van der Waals surface area contributed by atoms with E-state index in [1.54, 1.807) is 7.05 Å². The second kappa shape index (κ2) is 10.3. The molecule has 1 fully saturated rings. The summed E-state index contributed by atoms with van der Waals surface area (Å²) in [5.41, 5.74) is 4.91. The van der Waals surface area contributed by atoms with Crippen LogP contribution in [0.2, 0.25) is 0 Å². The van der Waals surface area contributed by atoms with Gasteiger partial charge in [0.2, 0.25) is 0 Å². The van der Waals surface area contributed by atoms with Crippen LogP contribution in [0.4, 0.5) is 0 Å². The first-order valence-corrected chi connectivity index (χ1v) is 11.3. The van der Waals surface area contributed by atoms with Gasteiger partial charge in [-0.25, -0.2) is 0 Å². The van der Waals surface area contributed by atoms with E-state index in [2.05, 4.69) is 64.2 Å². The SMILES string of the molecule is CNC(=O)C(=NOC)c1ccccc1CON=C(C)C1(c2ccccc2)CC1c1ccccc1. The highest BCUT2D eigenvalue weighted by atomic mass is 16.6. The largest absolute Gasteiger partial charge is 0.398 e. The van der Waals surface area contributed by atoms with Crippen molar-refractivity contribution in [1.82, 2.24) is 5.32 Å². The van der Waals surface area contributed by atoms with Crippen LogP contribution in [0.3, 0.4) is 0 Å². The molecule has 174 valence electrons. The Kier molecular flexibility index (Phi) is 7.07. The molecule has 1 N–H and O–H groups in total. The first kappa shape index (κ1) is 23.2. The monoisotopic (exact) mass is 455 g/mol. The van der Waals surface area contributed by atoms with E-state index in [-0.39, 0.29) is 23.6 Å². The fourth-order valence-electron chi connectivity index (χ4n) is 4.59. The Morgan fingerprint density at radius 2 is 1.62 bits per heavy atom. The molecule has 1 aliphatic rings. The molecule has 3 aromatic rings. The van der Waals surface area contributed by atoms with E-state index in [4.69, 9.17) is 9.68 Å². The van der Waals surface area contributed by atoms with Crippen LogP contribution in [0.15, 0.2) is 95.2 Å². The van der Waals surface area contributed by atoms with Crippen molar-refractivity contribution in [3.63, 3.8) is 0 Å². The Balaban J connectivity index is 1.59. The Bertz CT molecular complexity index is 1190. The Labute approximate surface area is 200 Å². The minimum Gasteiger partial charge on any atom is -0.398 e. The number of nitrogens with one attached hydrogen (secondary N) is 1. The van der Waals surface area contributed by atoms with Gasteiger partial charge in [0.15, 0.2) is 5.71 Å². The lowest BCUT2D eigenvalue weighted by Crippen LogP contribution is -2.29. The Morgan fingerprint density at radius 1 is 0.971 bits per heavy atom. The van der Waals surface area contributed by atoms with E-state index in [9.17, 15) is 4.79 Å². The molecule has 0 spiro atoms. The molecule has 2 atom stereocenters. The Hall–Kier alpha value is -3.93. The zero-order chi connectivity index (χ0) is 24.0. The normalized spacial score (nSPS) is 19.9. The maximum atomic E-state index is 12.3. The van der Waals surface area contributed by atoms with Crippen molar-refractivity contribution < 1.29 is 14.5 Å². The predicted octanol–water partition coefficient (Wildman–Crippen LogP) is 4.80. The van der Waals surface area contributed by atoms with Crippen molar-refractivity contribution in [3.8, 4) is 0 Å². The van der Waals surface area contributed by atoms with Crippen molar-refractivity contribution in [2.45, 2.75) is 31.3 Å². The van der Waals surface area contributed by atoms with Crippen molar-refractivity contribution >= 4 is 17.3 Å². The van der Waals surface area contributed by atoms with Crippen LogP contribution in [-0.2, 0) is 26.5 Å². The van der Waals surface area contributed by atoms with Crippen LogP contribution in [0.1, 0.15) is 41.5 Å². The van der Waals surface area contributed by atoms with Gasteiger partial charge in [0.25, 0.3) is 5.91 Å². The second-order valence-electron chi connectivity index (χ2n) is 8.31. The number of carbonyl (C=O) groups excluding carboxylic acids is 1. The number of nitrogens with zero attached hydrogens (tertiary/aromatic N) is 2. The second-order valence-corrected chi connectivity index (χ2v) is 8.31. The molecule has 3 aromatic carbocycles. The summed E-state index contributed by atoms with van der Waals surface area (Å²) in [6.45, 7) is 2.23. The minimum atomic E-state index is -0.333. The van der Waals surface area contributed by atoms with E-state index >= 15 is 0 Å². The van der Waals surface area contributed by atoms with Crippen molar-refractivity contribution in [1.29, 1.82) is 0 Å². The number of carbonyl (C=O) groups is 1. The number of amides is 1. The summed E-state index contributed by atoms with van der Waals surface area (Å²) < 4.78 is 0. The zero-order valence-corrected chi connectivity index (χ0v) is 19.7. The van der Waals surface area contributed by atoms with Crippen LogP contribution >= 0.6 is 0 Å². The van der Waals surface area contributed by atoms with E-state index in [1.165, 1.54) is 18.2 Å². The standard InChI is InChI=1S/C28H29N3O3/c1-20(28(23-15-8-5-9-16-23)18-25(28)21-12-6-4-7-13-21)30-34-19-22-14-10-11-17-24(22)26(31-33-3)27(32)29-2/h4-17,25H,18-19H2,1-3H3,(H,29,32). The van der Waals surface area contributed by atoms with Crippen molar-refractivity contribution in [2.75, 3.05) is 14.2 Å². The molecule has 0 saturated heterocycles. The topological polar surface area (TPSA) is 72.3 Å². The molecule has 0 aliphatic heterocycles. The summed E-state index contributed by atoms with van der Waals surface area (Å²) in [5.74, 6) is 0.0186. The van der Waals surface area contributed by atoms with Gasteiger partial charge in [0, 0.05) is 29.5 Å². The molecule has 1 aliphatic carbocycles. The lowest BCUT2D eigenvalue weighted by atomic mass is 9.87. The predicted molar refractivity (Wildman–Crippen MR) is 134 cm³/mol. The summed E-state index contributed by atoms with van der Waals surface area (Å²) in [5, 5.41) is 11.1. The maximum Gasteiger partial charge on any atom is 0.273 e. The van der Waals surface area contributed by atoms with Gasteiger partial charge in [-0.15, -0.1) is 0 Å². The number of rotatable bonds is 9. The maximum absolute atomic E-state index is 12.3. The summed E-state index contributed by atoms with van der Waals surface area (Å²) >= 11 is 0. The van der Waals surface area contributed by atoms with Crippen LogP contribution in [-0.4, -0.2) is 31.5 Å². The number of benzene rings is 3. The molecule has 1 saturated carbocycles. The van der Waals surface area contributed by atoms with Gasteiger partial charge in [-0.3, -0.25) is 4.79 Å². The lowest BCUT2D eigenvalue weighted by Gasteiger charge is -2.18. The summed E-state index contributed by atoms with van der Waals surface area (Å²) in [4.78, 5) is 23.1. The van der Waals surface area contributed by atoms with Crippen LogP contribution in [0.25, 0.3) is 0 Å². The van der Waals surface area contributed by atoms with E-state index < -0.39 is 0 Å². The molecule has 1 amide bonds. The molecule has 0 radical (unpaired) electrons. The molecule has 6 heteroatoms. The fourth-order valence-corrected chi connectivity index (χ4v) is 4.59. The van der Waals surface area contributed by atoms with Crippen LogP contribution in [0, 0.1) is 0 Å². The molecule has 0 bridgehead atoms. The third-order valence-electron chi connectivity index (χ3n) is 6.42. The minimum absolute atomic E-state index is 0.188. The molecule has 2 unspecified atom stereocenters. The molecular formula is C28H29N3O3. The number of hydrogen-bond acceptors (Lipinski definition) is 5. The van der Waals surface area contributed by atoms with Gasteiger partial charge < -0.3 is 15.0 Å². The summed E-state index contributed by atoms with van der Waals surface area (Å²) in [7, 11) is 2.97. The van der Waals surface area contributed by atoms with Crippen molar-refractivity contribution in [2.24, 2.45) is 10.3 Å². The number of hydrogen-bond donors (Lipinski definition) is 1. The zero-order valence-electron chi connectivity index (χ0n) is 19.7. The van der Waals surface area contributed by atoms with E-state index in [0.29, 0.717) is 11.5 Å². The molecule has 34 heavy (non-hydrogen) atoms. The summed E-state index contributed by atoms with van der Waals surface area (Å²) in [6, 6.07) is 28.5. The molecular weight excluding hydrogens is 426 g/mol. The third kappa shape index (κ3) is 4.57. The van der Waals surface area contributed by atoms with Gasteiger partial charge in [-0.05, 0) is 24.5 Å². The van der Waals surface area contributed by atoms with Crippen LogP contribution in [0.5, 0.6) is 0 Å². The smallest absolute Gasteiger partial charge is 0.273 e. The van der Waals surface area contributed by atoms with Gasteiger partial charge in [-0.1, -0.05) is 95.2 Å². The molecule has 6 nitrogen and oxygen atoms in total. The molecule has 0 heterocycles. The van der Waals surface area contributed by atoms with Gasteiger partial charge in [0.1, 0.15) is 13.7 Å². The first-order chi connectivity index (χ1) is 16.6. The highest BCUT2D eigenvalue weighted by molar-refractivity contribution is 6.45. The first-order valence-electron chi connectivity index (χ1n) is 11.3. The van der Waals surface area contributed by atoms with Crippen LogP contribution < -0.4 is 5.32 Å². The number of oxime groups is 2. The number of likely N-dealkylation sites (N-methyl/N-ethyl adjacent to an activating group) is 1. The Morgan fingerprint density at radius 3 is 2.29 bits per heavy atom. The highest BCUT2D eigenvalue weighted by Gasteiger charge is 2.58. The average molecular weight is 456 g/mol. The van der Waals surface area contributed by atoms with Gasteiger partial charge in [0.05, 0.1) is 5.71 Å². The third-order valence-corrected chi connectivity index (χ3v) is 6.42. The van der Waals surface area contributed by atoms with Crippen molar-refractivity contribution in [3.05, 3.63) is 107 Å². The van der Waals surface area contributed by atoms with E-state index in [1.807, 2.05) is 43.3 Å². The highest BCUT2D eigenvalue weighted by Crippen LogP contribution is 2.61. The average Bonchev–Trinajstić information content (AvgIpc) is 3.65. The quantitative estimate of drug-likeness (QED) is 0.372. The molecule has 0 aromatic heterocycles. The lowest BCUT2D eigenvalue weighted by molar-refractivity contribution is -0.114. The van der Waals surface area contributed by atoms with E-state index in [0.717, 1.165) is 17.7 Å². The van der Waals surface area contributed by atoms with Gasteiger partial charge in [-0.2, -0.15) is 0 Å². The summed E-state index contributed by atoms with van der Waals surface area (Å²) in [6.07, 6.45) is 0.984. The fraction of sp³-hybridized carbons (Fsp3) is 0.250.